The van der Waals surface area contributed by atoms with Gasteiger partial charge in [0.05, 0.1) is 5.69 Å². The van der Waals surface area contributed by atoms with E-state index in [1.807, 2.05) is 54.6 Å². The van der Waals surface area contributed by atoms with Gasteiger partial charge in [-0.25, -0.2) is 0 Å². The van der Waals surface area contributed by atoms with Crippen LogP contribution < -0.4 is 5.32 Å². The van der Waals surface area contributed by atoms with Gasteiger partial charge < -0.3 is 5.32 Å². The number of thioether (sulfide) groups is 1. The van der Waals surface area contributed by atoms with E-state index in [0.717, 1.165) is 34.0 Å². The van der Waals surface area contributed by atoms with Gasteiger partial charge in [-0.15, -0.1) is 10.2 Å². The van der Waals surface area contributed by atoms with Gasteiger partial charge in [0, 0.05) is 23.4 Å². The third kappa shape index (κ3) is 6.55. The van der Waals surface area contributed by atoms with E-state index in [4.69, 9.17) is 0 Å². The highest BCUT2D eigenvalue weighted by Gasteiger charge is 2.07. The highest BCUT2D eigenvalue weighted by atomic mass is 32.2. The molecule has 3 aromatic carbocycles. The number of benzene rings is 3. The zero-order chi connectivity index (χ0) is 23.8. The predicted molar refractivity (Wildman–Crippen MR) is 141 cm³/mol. The molecular weight excluding hydrogens is 438 g/mol. The van der Waals surface area contributed by atoms with Crippen LogP contribution in [0.2, 0.25) is 0 Å². The lowest BCUT2D eigenvalue weighted by atomic mass is 10.0. The molecule has 0 saturated carbocycles. The minimum absolute atomic E-state index is 0.0156. The summed E-state index contributed by atoms with van der Waals surface area (Å²) in [6.07, 6.45) is 0.985. The van der Waals surface area contributed by atoms with Gasteiger partial charge >= 0.3 is 0 Å². The van der Waals surface area contributed by atoms with Gasteiger partial charge in [-0.05, 0) is 53.3 Å². The molecule has 5 heteroatoms. The summed E-state index contributed by atoms with van der Waals surface area (Å²) in [6, 6.07) is 30.5. The maximum absolute atomic E-state index is 12.2. The van der Waals surface area contributed by atoms with Crippen LogP contribution in [-0.4, -0.2) is 22.6 Å². The molecule has 0 unspecified atom stereocenters. The standard InChI is InChI=1S/C29H29N3OS/c1-21(2)18-19-30-29(33)26-10-8-22(9-11-26)20-34-28-17-16-27(31-32-28)25-14-12-24(13-15-25)23-6-4-3-5-7-23/h3-17,21H,18-20H2,1-2H3,(H,30,33). The molecule has 172 valence electrons. The van der Waals surface area contributed by atoms with Gasteiger partial charge in [0.25, 0.3) is 5.91 Å². The monoisotopic (exact) mass is 467 g/mol. The minimum atomic E-state index is -0.0156. The Hall–Kier alpha value is -3.44. The number of hydrogen-bond acceptors (Lipinski definition) is 4. The van der Waals surface area contributed by atoms with Gasteiger partial charge in [0.1, 0.15) is 5.03 Å². The first kappa shape index (κ1) is 23.7. The molecular formula is C29H29N3OS. The number of nitrogens with one attached hydrogen (secondary N) is 1. The van der Waals surface area contributed by atoms with Crippen molar-refractivity contribution < 1.29 is 4.79 Å². The molecule has 34 heavy (non-hydrogen) atoms. The van der Waals surface area contributed by atoms with Crippen LogP contribution in [0.1, 0.15) is 36.2 Å². The summed E-state index contributed by atoms with van der Waals surface area (Å²) in [5.41, 5.74) is 6.13. The molecule has 0 bridgehead atoms. The molecule has 1 heterocycles. The number of hydrogen-bond donors (Lipinski definition) is 1. The quantitative estimate of drug-likeness (QED) is 0.273. The van der Waals surface area contributed by atoms with Crippen molar-refractivity contribution in [3.63, 3.8) is 0 Å². The highest BCUT2D eigenvalue weighted by molar-refractivity contribution is 7.98. The van der Waals surface area contributed by atoms with E-state index in [1.54, 1.807) is 11.8 Å². The minimum Gasteiger partial charge on any atom is -0.352 e. The summed E-state index contributed by atoms with van der Waals surface area (Å²) in [7, 11) is 0. The van der Waals surface area contributed by atoms with E-state index in [9.17, 15) is 4.79 Å². The van der Waals surface area contributed by atoms with E-state index in [1.165, 1.54) is 11.1 Å². The average molecular weight is 468 g/mol. The Morgan fingerprint density at radius 2 is 1.47 bits per heavy atom. The third-order valence-electron chi connectivity index (χ3n) is 5.54. The Kier molecular flexibility index (Phi) is 8.10. The van der Waals surface area contributed by atoms with Crippen LogP contribution >= 0.6 is 11.8 Å². The first-order valence-corrected chi connectivity index (χ1v) is 12.6. The molecule has 0 radical (unpaired) electrons. The lowest BCUT2D eigenvalue weighted by Crippen LogP contribution is -2.25. The van der Waals surface area contributed by atoms with Crippen molar-refractivity contribution in [3.05, 3.63) is 102 Å². The normalized spacial score (nSPS) is 10.9. The molecule has 0 aliphatic carbocycles. The van der Waals surface area contributed by atoms with Crippen LogP contribution in [-0.2, 0) is 5.75 Å². The van der Waals surface area contributed by atoms with Gasteiger partial charge in [0.15, 0.2) is 0 Å². The summed E-state index contributed by atoms with van der Waals surface area (Å²) in [4.78, 5) is 12.2. The lowest BCUT2D eigenvalue weighted by Gasteiger charge is -2.08. The van der Waals surface area contributed by atoms with E-state index in [-0.39, 0.29) is 5.91 Å². The molecule has 1 N–H and O–H groups in total. The van der Waals surface area contributed by atoms with Crippen molar-refractivity contribution in [3.8, 4) is 22.4 Å². The van der Waals surface area contributed by atoms with Gasteiger partial charge in [-0.1, -0.05) is 92.3 Å². The van der Waals surface area contributed by atoms with Crippen molar-refractivity contribution >= 4 is 17.7 Å². The zero-order valence-corrected chi connectivity index (χ0v) is 20.4. The summed E-state index contributed by atoms with van der Waals surface area (Å²) in [5, 5.41) is 12.7. The van der Waals surface area contributed by atoms with E-state index >= 15 is 0 Å². The predicted octanol–water partition coefficient (Wildman–Crippen LogP) is 6.88. The fourth-order valence-corrected chi connectivity index (χ4v) is 4.27. The Bertz CT molecular complexity index is 1190. The molecule has 4 rings (SSSR count). The maximum Gasteiger partial charge on any atom is 0.251 e. The SMILES string of the molecule is CC(C)CCNC(=O)c1ccc(CSc2ccc(-c3ccc(-c4ccccc4)cc3)nn2)cc1. The fourth-order valence-electron chi connectivity index (χ4n) is 3.50. The van der Waals surface area contributed by atoms with Gasteiger partial charge in [-0.3, -0.25) is 4.79 Å². The molecule has 0 spiro atoms. The Morgan fingerprint density at radius 1 is 0.794 bits per heavy atom. The van der Waals surface area contributed by atoms with Gasteiger partial charge in [0.2, 0.25) is 0 Å². The molecule has 1 aromatic heterocycles. The smallest absolute Gasteiger partial charge is 0.251 e. The number of carbonyl (C=O) groups excluding carboxylic acids is 1. The van der Waals surface area contributed by atoms with Crippen LogP contribution in [0.25, 0.3) is 22.4 Å². The summed E-state index contributed by atoms with van der Waals surface area (Å²) in [5.74, 6) is 1.34. The highest BCUT2D eigenvalue weighted by Crippen LogP contribution is 2.25. The Labute approximate surface area is 205 Å². The first-order chi connectivity index (χ1) is 16.6. The topological polar surface area (TPSA) is 54.9 Å². The molecule has 0 fully saturated rings. The van der Waals surface area contributed by atoms with Crippen LogP contribution in [0, 0.1) is 5.92 Å². The van der Waals surface area contributed by atoms with Crippen molar-refractivity contribution in [2.45, 2.75) is 31.0 Å². The first-order valence-electron chi connectivity index (χ1n) is 11.6. The number of carbonyl (C=O) groups is 1. The largest absolute Gasteiger partial charge is 0.352 e. The Morgan fingerprint density at radius 3 is 2.12 bits per heavy atom. The van der Waals surface area contributed by atoms with Crippen LogP contribution in [0.3, 0.4) is 0 Å². The van der Waals surface area contributed by atoms with E-state index in [0.29, 0.717) is 18.0 Å². The summed E-state index contributed by atoms with van der Waals surface area (Å²) >= 11 is 1.63. The lowest BCUT2D eigenvalue weighted by molar-refractivity contribution is 0.0952. The number of nitrogens with zero attached hydrogens (tertiary/aromatic N) is 2. The number of rotatable bonds is 9. The molecule has 0 atom stereocenters. The van der Waals surface area contributed by atoms with Crippen molar-refractivity contribution in [2.75, 3.05) is 6.54 Å². The number of aromatic nitrogens is 2. The molecule has 4 aromatic rings. The molecule has 0 saturated heterocycles. The maximum atomic E-state index is 12.2. The van der Waals surface area contributed by atoms with Crippen LogP contribution in [0.15, 0.2) is 96.0 Å². The summed E-state index contributed by atoms with van der Waals surface area (Å²) in [6.45, 7) is 5.01. The van der Waals surface area contributed by atoms with Crippen molar-refractivity contribution in [1.29, 1.82) is 0 Å². The molecule has 0 aliphatic rings. The third-order valence-corrected chi connectivity index (χ3v) is 6.53. The van der Waals surface area contributed by atoms with E-state index in [2.05, 4.69) is 65.8 Å². The molecule has 1 amide bonds. The second-order valence-corrected chi connectivity index (χ2v) is 9.62. The van der Waals surface area contributed by atoms with Crippen LogP contribution in [0.5, 0.6) is 0 Å². The van der Waals surface area contributed by atoms with Crippen LogP contribution in [0.4, 0.5) is 0 Å². The average Bonchev–Trinajstić information content (AvgIpc) is 2.88. The molecule has 0 aliphatic heterocycles. The fraction of sp³-hybridized carbons (Fsp3) is 0.207. The van der Waals surface area contributed by atoms with Gasteiger partial charge in [-0.2, -0.15) is 0 Å². The van der Waals surface area contributed by atoms with Crippen molar-refractivity contribution in [1.82, 2.24) is 15.5 Å². The second-order valence-electron chi connectivity index (χ2n) is 8.62. The number of amides is 1. The van der Waals surface area contributed by atoms with E-state index < -0.39 is 0 Å². The zero-order valence-electron chi connectivity index (χ0n) is 19.6. The molecule has 4 nitrogen and oxygen atoms in total. The Balaban J connectivity index is 1.30. The second kappa shape index (κ2) is 11.6. The summed E-state index contributed by atoms with van der Waals surface area (Å²) < 4.78 is 0. The van der Waals surface area contributed by atoms with Crippen molar-refractivity contribution in [2.24, 2.45) is 5.92 Å².